The van der Waals surface area contributed by atoms with E-state index in [1.165, 1.54) is 19.7 Å². The van der Waals surface area contributed by atoms with Gasteiger partial charge in [0, 0.05) is 17.3 Å². The molecule has 0 fully saturated rings. The second kappa shape index (κ2) is 7.61. The molecule has 1 aromatic heterocycles. The second-order valence-electron chi connectivity index (χ2n) is 4.35. The zero-order valence-electron chi connectivity index (χ0n) is 12.6. The van der Waals surface area contributed by atoms with E-state index in [1.54, 1.807) is 18.4 Å². The Hall–Kier alpha value is -2.34. The number of thioether (sulfide) groups is 1. The summed E-state index contributed by atoms with van der Waals surface area (Å²) in [5.74, 6) is 0.958. The van der Waals surface area contributed by atoms with Crippen molar-refractivity contribution in [3.8, 4) is 11.6 Å². The van der Waals surface area contributed by atoms with E-state index in [4.69, 9.17) is 9.47 Å². The highest BCUT2D eigenvalue weighted by atomic mass is 32.2. The van der Waals surface area contributed by atoms with Crippen LogP contribution in [0.25, 0.3) is 5.57 Å². The number of ether oxygens (including phenoxy) is 2. The fourth-order valence-electron chi connectivity index (χ4n) is 1.83. The first-order valence-electron chi connectivity index (χ1n) is 6.53. The van der Waals surface area contributed by atoms with Gasteiger partial charge >= 0.3 is 0 Å². The summed E-state index contributed by atoms with van der Waals surface area (Å²) >= 11 is 1.12. The maximum atomic E-state index is 12.1. The molecule has 1 aromatic carbocycles. The van der Waals surface area contributed by atoms with E-state index in [-0.39, 0.29) is 5.12 Å². The summed E-state index contributed by atoms with van der Waals surface area (Å²) in [5.41, 5.74) is 1.90. The first-order valence-corrected chi connectivity index (χ1v) is 7.75. The van der Waals surface area contributed by atoms with Gasteiger partial charge in [0.15, 0.2) is 0 Å². The molecule has 0 aliphatic heterocycles. The molecule has 0 saturated heterocycles. The van der Waals surface area contributed by atoms with Crippen molar-refractivity contribution in [1.29, 1.82) is 0 Å². The quantitative estimate of drug-likeness (QED) is 0.622. The Balaban J connectivity index is 2.41. The van der Waals surface area contributed by atoms with Gasteiger partial charge in [0.2, 0.25) is 11.0 Å². The topological polar surface area (TPSA) is 61.3 Å². The Kier molecular flexibility index (Phi) is 5.55. The molecule has 22 heavy (non-hydrogen) atoms. The number of benzene rings is 1. The number of nitrogens with zero attached hydrogens (tertiary/aromatic N) is 2. The maximum Gasteiger partial charge on any atom is 0.222 e. The molecule has 2 rings (SSSR count). The molecule has 0 N–H and O–H groups in total. The molecular formula is C16H16N2O3S. The van der Waals surface area contributed by atoms with Crippen LogP contribution in [0, 0.1) is 6.92 Å². The van der Waals surface area contributed by atoms with Gasteiger partial charge in [-0.15, -0.1) is 0 Å². The van der Waals surface area contributed by atoms with Crippen molar-refractivity contribution in [2.24, 2.45) is 0 Å². The lowest BCUT2D eigenvalue weighted by molar-refractivity contribution is -0.106. The van der Waals surface area contributed by atoms with Gasteiger partial charge in [-0.1, -0.05) is 30.0 Å². The van der Waals surface area contributed by atoms with Gasteiger partial charge in [0.25, 0.3) is 0 Å². The largest absolute Gasteiger partial charge is 0.504 e. The number of rotatable bonds is 5. The smallest absolute Gasteiger partial charge is 0.222 e. The van der Waals surface area contributed by atoms with Gasteiger partial charge in [-0.25, -0.2) is 9.97 Å². The molecular weight excluding hydrogens is 300 g/mol. The third-order valence-corrected chi connectivity index (χ3v) is 3.40. The standard InChI is InChI=1S/C16H16N2O3S/c1-11-8-15(18-10-17-11)21-14-7-5-4-6-12(14)13(9-20-2)16(19)22-3/h4-10H,1-3H3. The first kappa shape index (κ1) is 16.0. The lowest BCUT2D eigenvalue weighted by Crippen LogP contribution is -2.00. The van der Waals surface area contributed by atoms with Crippen molar-refractivity contribution in [3.63, 3.8) is 0 Å². The van der Waals surface area contributed by atoms with Gasteiger partial charge in [-0.3, -0.25) is 4.79 Å². The van der Waals surface area contributed by atoms with Crippen LogP contribution in [-0.4, -0.2) is 28.4 Å². The van der Waals surface area contributed by atoms with Crippen LogP contribution in [0.2, 0.25) is 0 Å². The minimum atomic E-state index is -0.100. The number of aromatic nitrogens is 2. The van der Waals surface area contributed by atoms with Crippen molar-refractivity contribution >= 4 is 22.5 Å². The summed E-state index contributed by atoms with van der Waals surface area (Å²) in [6.45, 7) is 1.86. The summed E-state index contributed by atoms with van der Waals surface area (Å²) in [5, 5.41) is -0.100. The van der Waals surface area contributed by atoms with Crippen LogP contribution in [0.1, 0.15) is 11.3 Å². The van der Waals surface area contributed by atoms with E-state index in [1.807, 2.05) is 25.1 Å². The minimum Gasteiger partial charge on any atom is -0.504 e. The van der Waals surface area contributed by atoms with Gasteiger partial charge in [-0.05, 0) is 19.2 Å². The van der Waals surface area contributed by atoms with Crippen LogP contribution >= 0.6 is 11.8 Å². The highest BCUT2D eigenvalue weighted by Gasteiger charge is 2.17. The molecule has 114 valence electrons. The van der Waals surface area contributed by atoms with E-state index < -0.39 is 0 Å². The molecule has 0 unspecified atom stereocenters. The molecule has 0 radical (unpaired) electrons. The Morgan fingerprint density at radius 3 is 2.73 bits per heavy atom. The maximum absolute atomic E-state index is 12.1. The van der Waals surface area contributed by atoms with E-state index in [0.717, 1.165) is 17.5 Å². The number of para-hydroxylation sites is 1. The summed E-state index contributed by atoms with van der Waals surface area (Å²) in [7, 11) is 1.50. The van der Waals surface area contributed by atoms with Gasteiger partial charge in [0.1, 0.15) is 12.1 Å². The molecule has 5 nitrogen and oxygen atoms in total. The van der Waals surface area contributed by atoms with E-state index >= 15 is 0 Å². The van der Waals surface area contributed by atoms with Crippen LogP contribution < -0.4 is 4.74 Å². The van der Waals surface area contributed by atoms with E-state index in [0.29, 0.717) is 22.8 Å². The Bertz CT molecular complexity index is 701. The second-order valence-corrected chi connectivity index (χ2v) is 5.13. The molecule has 0 saturated carbocycles. The predicted octanol–water partition coefficient (Wildman–Crippen LogP) is 3.45. The number of carbonyl (C=O) groups excluding carboxylic acids is 1. The molecule has 0 amide bonds. The number of carbonyl (C=O) groups is 1. The SMILES string of the molecule is COC=C(C(=O)SC)c1ccccc1Oc1cc(C)ncn1. The van der Waals surface area contributed by atoms with Gasteiger partial charge < -0.3 is 9.47 Å². The van der Waals surface area contributed by atoms with Gasteiger partial charge in [0.05, 0.1) is 18.9 Å². The molecule has 0 bridgehead atoms. The third kappa shape index (κ3) is 3.85. The normalized spacial score (nSPS) is 11.1. The van der Waals surface area contributed by atoms with Crippen LogP contribution in [-0.2, 0) is 9.53 Å². The van der Waals surface area contributed by atoms with Crippen molar-refractivity contribution in [2.75, 3.05) is 13.4 Å². The van der Waals surface area contributed by atoms with Crippen molar-refractivity contribution < 1.29 is 14.3 Å². The van der Waals surface area contributed by atoms with E-state index in [9.17, 15) is 4.79 Å². The van der Waals surface area contributed by atoms with Crippen LogP contribution in [0.4, 0.5) is 0 Å². The highest BCUT2D eigenvalue weighted by Crippen LogP contribution is 2.31. The lowest BCUT2D eigenvalue weighted by Gasteiger charge is -2.12. The third-order valence-electron chi connectivity index (χ3n) is 2.81. The summed E-state index contributed by atoms with van der Waals surface area (Å²) < 4.78 is 10.8. The summed E-state index contributed by atoms with van der Waals surface area (Å²) in [4.78, 5) is 20.2. The van der Waals surface area contributed by atoms with Crippen molar-refractivity contribution in [1.82, 2.24) is 9.97 Å². The molecule has 1 heterocycles. The van der Waals surface area contributed by atoms with Crippen molar-refractivity contribution in [2.45, 2.75) is 6.92 Å². The predicted molar refractivity (Wildman–Crippen MR) is 86.8 cm³/mol. The number of hydrogen-bond acceptors (Lipinski definition) is 6. The number of aryl methyl sites for hydroxylation is 1. The lowest BCUT2D eigenvalue weighted by atomic mass is 10.1. The molecule has 0 aliphatic rings. The zero-order valence-corrected chi connectivity index (χ0v) is 13.4. The highest BCUT2D eigenvalue weighted by molar-refractivity contribution is 8.14. The fraction of sp³-hybridized carbons (Fsp3) is 0.188. The Morgan fingerprint density at radius 1 is 1.27 bits per heavy atom. The Morgan fingerprint density at radius 2 is 2.05 bits per heavy atom. The van der Waals surface area contributed by atoms with Crippen LogP contribution in [0.15, 0.2) is 42.9 Å². The molecule has 2 aromatic rings. The number of hydrogen-bond donors (Lipinski definition) is 0. The van der Waals surface area contributed by atoms with Crippen LogP contribution in [0.5, 0.6) is 11.6 Å². The number of methoxy groups -OCH3 is 1. The van der Waals surface area contributed by atoms with Crippen molar-refractivity contribution in [3.05, 3.63) is 54.2 Å². The van der Waals surface area contributed by atoms with Crippen LogP contribution in [0.3, 0.4) is 0 Å². The molecule has 0 spiro atoms. The first-order chi connectivity index (χ1) is 10.7. The van der Waals surface area contributed by atoms with Gasteiger partial charge in [-0.2, -0.15) is 0 Å². The average Bonchev–Trinajstić information content (AvgIpc) is 2.53. The summed E-state index contributed by atoms with van der Waals surface area (Å²) in [6, 6.07) is 8.99. The average molecular weight is 316 g/mol. The Labute approximate surface area is 133 Å². The monoisotopic (exact) mass is 316 g/mol. The van der Waals surface area contributed by atoms with E-state index in [2.05, 4.69) is 9.97 Å². The fourth-order valence-corrected chi connectivity index (χ4v) is 2.20. The summed E-state index contributed by atoms with van der Waals surface area (Å²) in [6.07, 6.45) is 4.58. The molecule has 0 aliphatic carbocycles. The minimum absolute atomic E-state index is 0.100. The molecule has 6 heteroatoms. The molecule has 0 atom stereocenters. The zero-order chi connectivity index (χ0) is 15.9.